The number of ether oxygens (including phenoxy) is 1. The predicted octanol–water partition coefficient (Wildman–Crippen LogP) is 4.02. The Morgan fingerprint density at radius 1 is 0.973 bits per heavy atom. The molecule has 37 heavy (non-hydrogen) atoms. The van der Waals surface area contributed by atoms with E-state index in [9.17, 15) is 18.0 Å². The van der Waals surface area contributed by atoms with Gasteiger partial charge in [-0.25, -0.2) is 8.42 Å². The number of amides is 2. The van der Waals surface area contributed by atoms with Crippen LogP contribution < -0.4 is 14.4 Å². The van der Waals surface area contributed by atoms with Gasteiger partial charge >= 0.3 is 0 Å². The number of rotatable bonds is 10. The van der Waals surface area contributed by atoms with Gasteiger partial charge in [-0.1, -0.05) is 41.4 Å². The van der Waals surface area contributed by atoms with Gasteiger partial charge in [0.1, 0.15) is 18.3 Å². The van der Waals surface area contributed by atoms with Gasteiger partial charge in [0, 0.05) is 18.6 Å². The summed E-state index contributed by atoms with van der Waals surface area (Å²) in [6.07, 6.45) is 0. The summed E-state index contributed by atoms with van der Waals surface area (Å²) in [5.41, 5.74) is 2.02. The van der Waals surface area contributed by atoms with Crippen molar-refractivity contribution in [1.82, 2.24) is 10.2 Å². The molecule has 196 valence electrons. The van der Waals surface area contributed by atoms with Gasteiger partial charge in [-0.2, -0.15) is 0 Å². The molecule has 10 heteroatoms. The number of hydrogen-bond donors (Lipinski definition) is 1. The van der Waals surface area contributed by atoms with Crippen LogP contribution in [0.2, 0.25) is 5.02 Å². The molecule has 0 aliphatic rings. The fourth-order valence-electron chi connectivity index (χ4n) is 3.69. The molecule has 3 aromatic carbocycles. The Hall–Kier alpha value is -3.56. The summed E-state index contributed by atoms with van der Waals surface area (Å²) in [5, 5.41) is 2.95. The molecule has 0 aromatic heterocycles. The number of nitrogens with one attached hydrogen (secondary N) is 1. The summed E-state index contributed by atoms with van der Waals surface area (Å²) in [4.78, 5) is 27.6. The van der Waals surface area contributed by atoms with Gasteiger partial charge in [-0.15, -0.1) is 0 Å². The van der Waals surface area contributed by atoms with Crippen molar-refractivity contribution in [2.24, 2.45) is 0 Å². The van der Waals surface area contributed by atoms with E-state index in [0.29, 0.717) is 16.5 Å². The highest BCUT2D eigenvalue weighted by Gasteiger charge is 2.32. The van der Waals surface area contributed by atoms with E-state index in [1.165, 1.54) is 36.2 Å². The van der Waals surface area contributed by atoms with Crippen LogP contribution in [0.5, 0.6) is 5.75 Å². The van der Waals surface area contributed by atoms with Crippen LogP contribution in [0.25, 0.3) is 0 Å². The average Bonchev–Trinajstić information content (AvgIpc) is 2.90. The largest absolute Gasteiger partial charge is 0.497 e. The van der Waals surface area contributed by atoms with E-state index in [4.69, 9.17) is 16.3 Å². The monoisotopic (exact) mass is 543 g/mol. The van der Waals surface area contributed by atoms with E-state index in [2.05, 4.69) is 5.32 Å². The Kier molecular flexibility index (Phi) is 9.18. The molecule has 2 amide bonds. The molecule has 0 radical (unpaired) electrons. The van der Waals surface area contributed by atoms with Crippen LogP contribution >= 0.6 is 11.6 Å². The quantitative estimate of drug-likeness (QED) is 0.417. The second-order valence-electron chi connectivity index (χ2n) is 8.46. The van der Waals surface area contributed by atoms with Gasteiger partial charge in [0.05, 0.1) is 17.7 Å². The number of likely N-dealkylation sites (N-methyl/N-ethyl adjacent to an activating group) is 1. The summed E-state index contributed by atoms with van der Waals surface area (Å²) in [5.74, 6) is -0.255. The highest BCUT2D eigenvalue weighted by atomic mass is 35.5. The molecule has 8 nitrogen and oxygen atoms in total. The van der Waals surface area contributed by atoms with Gasteiger partial charge < -0.3 is 15.0 Å². The zero-order chi connectivity index (χ0) is 27.2. The van der Waals surface area contributed by atoms with Gasteiger partial charge in [0.15, 0.2) is 0 Å². The number of nitrogens with zero attached hydrogens (tertiary/aromatic N) is 2. The standard InChI is InChI=1S/C27H30ClN3O5S/c1-19-5-11-23(12-6-19)31(37(34,35)25-15-9-22(28)10-16-25)18-26(32)30(20(2)27(33)29-3)17-21-7-13-24(36-4)14-8-21/h5-16,20H,17-18H2,1-4H3,(H,29,33). The maximum atomic E-state index is 13.7. The molecule has 3 rings (SSSR count). The lowest BCUT2D eigenvalue weighted by atomic mass is 10.1. The molecule has 3 aromatic rings. The first kappa shape index (κ1) is 28.0. The van der Waals surface area contributed by atoms with E-state index in [1.807, 2.05) is 6.92 Å². The van der Waals surface area contributed by atoms with Gasteiger partial charge in [0.25, 0.3) is 10.0 Å². The van der Waals surface area contributed by atoms with Crippen molar-refractivity contribution in [3.05, 3.63) is 88.9 Å². The van der Waals surface area contributed by atoms with Gasteiger partial charge in [-0.05, 0) is 67.9 Å². The molecule has 0 aliphatic carbocycles. The second kappa shape index (κ2) is 12.1. The predicted molar refractivity (Wildman–Crippen MR) is 144 cm³/mol. The number of halogens is 1. The maximum absolute atomic E-state index is 13.7. The fraction of sp³-hybridized carbons (Fsp3) is 0.259. The number of aryl methyl sites for hydroxylation is 1. The molecule has 0 bridgehead atoms. The first-order valence-corrected chi connectivity index (χ1v) is 13.4. The summed E-state index contributed by atoms with van der Waals surface area (Å²) in [6, 6.07) is 18.8. The molecule has 1 unspecified atom stereocenters. The van der Waals surface area contributed by atoms with Crippen LogP contribution in [0.15, 0.2) is 77.7 Å². The Morgan fingerprint density at radius 3 is 2.11 bits per heavy atom. The summed E-state index contributed by atoms with van der Waals surface area (Å²) in [7, 11) is -1.10. The maximum Gasteiger partial charge on any atom is 0.264 e. The zero-order valence-corrected chi connectivity index (χ0v) is 22.7. The van der Waals surface area contributed by atoms with Crippen molar-refractivity contribution in [3.63, 3.8) is 0 Å². The van der Waals surface area contributed by atoms with Crippen LogP contribution in [-0.2, 0) is 26.2 Å². The topological polar surface area (TPSA) is 96.0 Å². The number of methoxy groups -OCH3 is 1. The summed E-state index contributed by atoms with van der Waals surface area (Å²) in [6.45, 7) is 3.07. The van der Waals surface area contributed by atoms with Crippen LogP contribution in [0.3, 0.4) is 0 Å². The van der Waals surface area contributed by atoms with Crippen molar-refractivity contribution in [3.8, 4) is 5.75 Å². The third-order valence-electron chi connectivity index (χ3n) is 5.93. The number of sulfonamides is 1. The van der Waals surface area contributed by atoms with Gasteiger partial charge in [0.2, 0.25) is 11.8 Å². The third kappa shape index (κ3) is 6.81. The van der Waals surface area contributed by atoms with E-state index in [0.717, 1.165) is 15.4 Å². The highest BCUT2D eigenvalue weighted by Crippen LogP contribution is 2.26. The first-order valence-electron chi connectivity index (χ1n) is 11.6. The van der Waals surface area contributed by atoms with Crippen LogP contribution in [0.4, 0.5) is 5.69 Å². The lowest BCUT2D eigenvalue weighted by Gasteiger charge is -2.31. The lowest BCUT2D eigenvalue weighted by molar-refractivity contribution is -0.139. The summed E-state index contributed by atoms with van der Waals surface area (Å²) >= 11 is 5.96. The molecular weight excluding hydrogens is 514 g/mol. The summed E-state index contributed by atoms with van der Waals surface area (Å²) < 4.78 is 33.6. The number of anilines is 1. The number of benzene rings is 3. The van der Waals surface area contributed by atoms with E-state index in [1.54, 1.807) is 62.6 Å². The van der Waals surface area contributed by atoms with E-state index < -0.39 is 28.5 Å². The molecule has 1 N–H and O–H groups in total. The molecule has 0 aliphatic heterocycles. The highest BCUT2D eigenvalue weighted by molar-refractivity contribution is 7.92. The molecule has 0 heterocycles. The van der Waals surface area contributed by atoms with Crippen LogP contribution in [0.1, 0.15) is 18.1 Å². The lowest BCUT2D eigenvalue weighted by Crippen LogP contribution is -2.50. The SMILES string of the molecule is CNC(=O)C(C)N(Cc1ccc(OC)cc1)C(=O)CN(c1ccc(C)cc1)S(=O)(=O)c1ccc(Cl)cc1. The zero-order valence-electron chi connectivity index (χ0n) is 21.1. The molecule has 1 atom stereocenters. The number of carbonyl (C=O) groups is 2. The van der Waals surface area contributed by atoms with Gasteiger partial charge in [-0.3, -0.25) is 13.9 Å². The van der Waals surface area contributed by atoms with E-state index in [-0.39, 0.29) is 17.3 Å². The first-order chi connectivity index (χ1) is 17.6. The molecule has 0 spiro atoms. The van der Waals surface area contributed by atoms with Crippen molar-refractivity contribution >= 4 is 39.1 Å². The Labute approximate surface area is 222 Å². The third-order valence-corrected chi connectivity index (χ3v) is 7.97. The van der Waals surface area contributed by atoms with Crippen LogP contribution in [-0.4, -0.2) is 51.9 Å². The number of hydrogen-bond acceptors (Lipinski definition) is 5. The van der Waals surface area contributed by atoms with Crippen molar-refractivity contribution < 1.29 is 22.7 Å². The minimum atomic E-state index is -4.14. The van der Waals surface area contributed by atoms with Crippen LogP contribution in [0, 0.1) is 6.92 Å². The Balaban J connectivity index is 2.00. The molecule has 0 saturated heterocycles. The van der Waals surface area contributed by atoms with Crippen molar-refractivity contribution in [2.75, 3.05) is 25.0 Å². The fourth-order valence-corrected chi connectivity index (χ4v) is 5.23. The Bertz CT molecular complexity index is 1330. The normalized spacial score (nSPS) is 11.9. The molecular formula is C27H30ClN3O5S. The van der Waals surface area contributed by atoms with Crippen molar-refractivity contribution in [1.29, 1.82) is 0 Å². The minimum absolute atomic E-state index is 0.00803. The smallest absolute Gasteiger partial charge is 0.264 e. The average molecular weight is 544 g/mol. The Morgan fingerprint density at radius 2 is 1.57 bits per heavy atom. The number of carbonyl (C=O) groups excluding carboxylic acids is 2. The van der Waals surface area contributed by atoms with Crippen molar-refractivity contribution in [2.45, 2.75) is 31.3 Å². The molecule has 0 saturated carbocycles. The molecule has 0 fully saturated rings. The second-order valence-corrected chi connectivity index (χ2v) is 10.8. The van der Waals surface area contributed by atoms with E-state index >= 15 is 0 Å². The minimum Gasteiger partial charge on any atom is -0.497 e.